The Kier molecular flexibility index (Phi) is 8.43. The first-order valence-corrected chi connectivity index (χ1v) is 12.6. The van der Waals surface area contributed by atoms with Gasteiger partial charge in [-0.3, -0.25) is 4.79 Å². The number of nitrogens with zero attached hydrogens (tertiary/aromatic N) is 2. The Labute approximate surface area is 212 Å². The maximum Gasteiger partial charge on any atom is 0.251 e. The maximum atomic E-state index is 12.6. The van der Waals surface area contributed by atoms with Gasteiger partial charge in [0.25, 0.3) is 5.91 Å². The highest BCUT2D eigenvalue weighted by molar-refractivity contribution is 6.30. The smallest absolute Gasteiger partial charge is 0.251 e. The molecular weight excluding hydrogens is 458 g/mol. The molecule has 0 aliphatic heterocycles. The Morgan fingerprint density at radius 1 is 1.03 bits per heavy atom. The van der Waals surface area contributed by atoms with Gasteiger partial charge < -0.3 is 14.6 Å². The Morgan fingerprint density at radius 3 is 2.51 bits per heavy atom. The Morgan fingerprint density at radius 2 is 1.77 bits per heavy atom. The number of unbranched alkanes of at least 4 members (excludes halogenated alkanes) is 1. The van der Waals surface area contributed by atoms with Gasteiger partial charge in [0.2, 0.25) is 0 Å². The first-order valence-electron chi connectivity index (χ1n) is 12.3. The average Bonchev–Trinajstić information content (AvgIpc) is 3.24. The highest BCUT2D eigenvalue weighted by Crippen LogP contribution is 2.22. The zero-order valence-electron chi connectivity index (χ0n) is 20.3. The van der Waals surface area contributed by atoms with E-state index in [-0.39, 0.29) is 5.91 Å². The molecule has 5 nitrogen and oxygen atoms in total. The molecule has 1 heterocycles. The molecule has 0 spiro atoms. The van der Waals surface area contributed by atoms with Crippen LogP contribution in [0.1, 0.15) is 60.8 Å². The van der Waals surface area contributed by atoms with Gasteiger partial charge in [0.15, 0.2) is 0 Å². The third-order valence-electron chi connectivity index (χ3n) is 6.35. The molecule has 182 valence electrons. The summed E-state index contributed by atoms with van der Waals surface area (Å²) in [5.74, 6) is 2.18. The lowest BCUT2D eigenvalue weighted by molar-refractivity contribution is 0.0949. The normalized spacial score (nSPS) is 12.0. The molecule has 0 saturated carbocycles. The van der Waals surface area contributed by atoms with Crippen molar-refractivity contribution >= 4 is 28.5 Å². The summed E-state index contributed by atoms with van der Waals surface area (Å²) in [5.41, 5.74) is 3.93. The van der Waals surface area contributed by atoms with Crippen molar-refractivity contribution in [3.05, 3.63) is 94.8 Å². The number of halogens is 1. The Hall–Kier alpha value is -3.31. The van der Waals surface area contributed by atoms with Crippen LogP contribution in [0.3, 0.4) is 0 Å². The molecule has 1 atom stereocenters. The number of hydrogen-bond acceptors (Lipinski definition) is 3. The number of imidazole rings is 1. The van der Waals surface area contributed by atoms with E-state index in [2.05, 4.69) is 54.1 Å². The van der Waals surface area contributed by atoms with Gasteiger partial charge in [-0.05, 0) is 79.3 Å². The number of benzene rings is 3. The van der Waals surface area contributed by atoms with Crippen molar-refractivity contribution in [1.29, 1.82) is 0 Å². The second-order valence-corrected chi connectivity index (χ2v) is 9.23. The number of nitrogens with one attached hydrogen (secondary N) is 1. The maximum absolute atomic E-state index is 12.6. The topological polar surface area (TPSA) is 56.1 Å². The van der Waals surface area contributed by atoms with Crippen LogP contribution in [-0.2, 0) is 13.1 Å². The number of carbonyl (C=O) groups is 1. The first kappa shape index (κ1) is 24.8. The monoisotopic (exact) mass is 489 g/mol. The number of fused-ring (bicyclic) bond motifs is 1. The van der Waals surface area contributed by atoms with E-state index >= 15 is 0 Å². The van der Waals surface area contributed by atoms with Gasteiger partial charge in [-0.25, -0.2) is 4.98 Å². The summed E-state index contributed by atoms with van der Waals surface area (Å²) < 4.78 is 8.15. The SMILES string of the molecule is CCC(C)c1ccc(OCCCCn2c(CNC(=O)c3ccc(Cl)cc3)nc3ccccc32)cc1. The molecule has 0 aliphatic rings. The molecule has 0 aliphatic carbocycles. The van der Waals surface area contributed by atoms with Crippen molar-refractivity contribution < 1.29 is 9.53 Å². The van der Waals surface area contributed by atoms with Gasteiger partial charge in [-0.2, -0.15) is 0 Å². The lowest BCUT2D eigenvalue weighted by Gasteiger charge is -2.12. The van der Waals surface area contributed by atoms with Gasteiger partial charge in [-0.1, -0.05) is 49.7 Å². The quantitative estimate of drug-likeness (QED) is 0.231. The predicted molar refractivity (Wildman–Crippen MR) is 142 cm³/mol. The second-order valence-electron chi connectivity index (χ2n) is 8.79. The highest BCUT2D eigenvalue weighted by Gasteiger charge is 2.12. The highest BCUT2D eigenvalue weighted by atomic mass is 35.5. The van der Waals surface area contributed by atoms with E-state index in [0.29, 0.717) is 29.7 Å². The summed E-state index contributed by atoms with van der Waals surface area (Å²) in [5, 5.41) is 3.59. The third kappa shape index (κ3) is 6.43. The minimum Gasteiger partial charge on any atom is -0.494 e. The molecule has 3 aromatic carbocycles. The largest absolute Gasteiger partial charge is 0.494 e. The van der Waals surface area contributed by atoms with Crippen LogP contribution in [0.4, 0.5) is 0 Å². The number of para-hydroxylation sites is 2. The Balaban J connectivity index is 1.33. The van der Waals surface area contributed by atoms with Crippen LogP contribution < -0.4 is 10.1 Å². The van der Waals surface area contributed by atoms with Crippen molar-refractivity contribution in [3.63, 3.8) is 0 Å². The minimum absolute atomic E-state index is 0.145. The van der Waals surface area contributed by atoms with E-state index in [0.717, 1.165) is 48.4 Å². The molecule has 1 aromatic heterocycles. The lowest BCUT2D eigenvalue weighted by Crippen LogP contribution is -2.24. The van der Waals surface area contributed by atoms with Crippen molar-refractivity contribution in [2.75, 3.05) is 6.61 Å². The molecule has 0 fully saturated rings. The fourth-order valence-electron chi connectivity index (χ4n) is 4.06. The van der Waals surface area contributed by atoms with Crippen molar-refractivity contribution in [2.24, 2.45) is 0 Å². The van der Waals surface area contributed by atoms with Crippen molar-refractivity contribution in [2.45, 2.75) is 52.1 Å². The van der Waals surface area contributed by atoms with E-state index in [1.165, 1.54) is 5.56 Å². The number of aryl methyl sites for hydroxylation is 1. The first-order chi connectivity index (χ1) is 17.0. The standard InChI is InChI=1S/C29H32ClN3O2/c1-3-21(2)22-12-16-25(17-13-22)35-19-7-6-18-33-27-9-5-4-8-26(27)32-28(33)20-31-29(34)23-10-14-24(30)15-11-23/h4-5,8-17,21H,3,6-7,18-20H2,1-2H3,(H,31,34). The summed E-state index contributed by atoms with van der Waals surface area (Å²) in [6, 6.07) is 23.4. The summed E-state index contributed by atoms with van der Waals surface area (Å²) in [6.07, 6.45) is 3.01. The Bertz CT molecular complexity index is 1250. The number of aromatic nitrogens is 2. The van der Waals surface area contributed by atoms with Crippen LogP contribution in [0, 0.1) is 0 Å². The molecule has 4 aromatic rings. The molecule has 0 saturated heterocycles. The molecule has 6 heteroatoms. The molecule has 0 radical (unpaired) electrons. The van der Waals surface area contributed by atoms with Gasteiger partial charge in [0, 0.05) is 17.1 Å². The summed E-state index contributed by atoms with van der Waals surface area (Å²) in [4.78, 5) is 17.3. The molecule has 1 unspecified atom stereocenters. The fraction of sp³-hybridized carbons (Fsp3) is 0.310. The number of rotatable bonds is 11. The summed E-state index contributed by atoms with van der Waals surface area (Å²) in [6.45, 7) is 6.28. The summed E-state index contributed by atoms with van der Waals surface area (Å²) >= 11 is 5.93. The van der Waals surface area contributed by atoms with E-state index < -0.39 is 0 Å². The average molecular weight is 490 g/mol. The molecule has 1 N–H and O–H groups in total. The van der Waals surface area contributed by atoms with E-state index in [4.69, 9.17) is 21.3 Å². The van der Waals surface area contributed by atoms with Crippen molar-refractivity contribution in [1.82, 2.24) is 14.9 Å². The number of amides is 1. The van der Waals surface area contributed by atoms with E-state index in [1.807, 2.05) is 18.2 Å². The number of ether oxygens (including phenoxy) is 1. The minimum atomic E-state index is -0.145. The van der Waals surface area contributed by atoms with Gasteiger partial charge in [0.1, 0.15) is 11.6 Å². The molecule has 35 heavy (non-hydrogen) atoms. The van der Waals surface area contributed by atoms with Gasteiger partial charge in [0.05, 0.1) is 24.2 Å². The van der Waals surface area contributed by atoms with Gasteiger partial charge >= 0.3 is 0 Å². The molecule has 1 amide bonds. The van der Waals surface area contributed by atoms with Crippen molar-refractivity contribution in [3.8, 4) is 5.75 Å². The molecule has 0 bridgehead atoms. The van der Waals surface area contributed by atoms with Crippen LogP contribution in [0.25, 0.3) is 11.0 Å². The molecule has 4 rings (SSSR count). The molecular formula is C29H32ClN3O2. The van der Waals surface area contributed by atoms with Crippen LogP contribution in [0.5, 0.6) is 5.75 Å². The lowest BCUT2D eigenvalue weighted by atomic mass is 9.99. The second kappa shape index (κ2) is 11.9. The predicted octanol–water partition coefficient (Wildman–Crippen LogP) is 6.99. The number of carbonyl (C=O) groups excluding carboxylic acids is 1. The van der Waals surface area contributed by atoms with E-state index in [9.17, 15) is 4.79 Å². The zero-order chi connectivity index (χ0) is 24.6. The van der Waals surface area contributed by atoms with Crippen LogP contribution in [0.2, 0.25) is 5.02 Å². The number of hydrogen-bond donors (Lipinski definition) is 1. The van der Waals surface area contributed by atoms with Gasteiger partial charge in [-0.15, -0.1) is 0 Å². The summed E-state index contributed by atoms with van der Waals surface area (Å²) in [7, 11) is 0. The van der Waals surface area contributed by atoms with Crippen LogP contribution in [0.15, 0.2) is 72.8 Å². The van der Waals surface area contributed by atoms with Crippen LogP contribution in [-0.4, -0.2) is 22.1 Å². The van der Waals surface area contributed by atoms with E-state index in [1.54, 1.807) is 24.3 Å². The van der Waals surface area contributed by atoms with Crippen LogP contribution >= 0.6 is 11.6 Å². The fourth-order valence-corrected chi connectivity index (χ4v) is 4.19. The third-order valence-corrected chi connectivity index (χ3v) is 6.61. The zero-order valence-corrected chi connectivity index (χ0v) is 21.1.